The van der Waals surface area contributed by atoms with E-state index in [9.17, 15) is 9.59 Å². The molecule has 1 heterocycles. The molecule has 6 nitrogen and oxygen atoms in total. The summed E-state index contributed by atoms with van der Waals surface area (Å²) < 4.78 is 19.9. The molecule has 0 N–H and O–H groups in total. The lowest BCUT2D eigenvalue weighted by atomic mass is 9.83. The number of cyclic esters (lactones) is 1. The molecule has 0 saturated carbocycles. The number of imide groups is 1. The van der Waals surface area contributed by atoms with Gasteiger partial charge in [-0.3, -0.25) is 4.79 Å². The molecule has 0 aromatic heterocycles. The Balaban J connectivity index is 2.56. The van der Waals surface area contributed by atoms with E-state index >= 15 is 0 Å². The lowest BCUT2D eigenvalue weighted by molar-refractivity contribution is -0.138. The number of amides is 2. The van der Waals surface area contributed by atoms with Crippen molar-refractivity contribution in [3.63, 3.8) is 0 Å². The standard InChI is InChI=1S/C35H59NO5Si2/c1-13-17-21-26(5)31(41-43(14-2,15-3)16-4)27(6)32(40-42(11,12)35(8,9)10)28(7)33(37)36-30(25-39-34(36)38)24-29-22-19-18-20-23-29/h13,17-23,26-28,30-32H,1,14-16,24-25H2,2-12H3/b21-17+/t26-,27+,28+,30+,31-,32-/m0/s1. The average Bonchev–Trinajstić information content (AvgIpc) is 3.33. The molecule has 43 heavy (non-hydrogen) atoms. The van der Waals surface area contributed by atoms with E-state index in [2.05, 4.69) is 81.1 Å². The first-order valence-corrected chi connectivity index (χ1v) is 21.7. The predicted octanol–water partition coefficient (Wildman–Crippen LogP) is 9.01. The SMILES string of the molecule is C=C/C=C/[C@H](C)[C@H](O[Si](CC)(CC)CC)[C@@H](C)[C@H](O[Si](C)(C)C(C)(C)C)[C@@H](C)C(=O)N1C(=O)OC[C@H]1Cc1ccccc1. The van der Waals surface area contributed by atoms with Gasteiger partial charge in [0.15, 0.2) is 16.6 Å². The summed E-state index contributed by atoms with van der Waals surface area (Å²) in [7, 11) is -4.34. The van der Waals surface area contributed by atoms with Gasteiger partial charge in [-0.2, -0.15) is 0 Å². The minimum Gasteiger partial charge on any atom is -0.447 e. The minimum absolute atomic E-state index is 0.0599. The Morgan fingerprint density at radius 1 is 1.05 bits per heavy atom. The molecule has 1 fully saturated rings. The third-order valence-electron chi connectivity index (χ3n) is 10.1. The largest absolute Gasteiger partial charge is 0.447 e. The summed E-state index contributed by atoms with van der Waals surface area (Å²) in [5, 5.41) is -0.0599. The number of hydrogen-bond donors (Lipinski definition) is 0. The van der Waals surface area contributed by atoms with Crippen LogP contribution in [0, 0.1) is 17.8 Å². The van der Waals surface area contributed by atoms with Gasteiger partial charge in [0.1, 0.15) is 6.61 Å². The highest BCUT2D eigenvalue weighted by molar-refractivity contribution is 6.74. The number of hydrogen-bond acceptors (Lipinski definition) is 5. The molecule has 1 aromatic carbocycles. The molecule has 2 amide bonds. The Morgan fingerprint density at radius 3 is 2.14 bits per heavy atom. The van der Waals surface area contributed by atoms with Crippen molar-refractivity contribution in [2.75, 3.05) is 6.61 Å². The van der Waals surface area contributed by atoms with E-state index in [1.54, 1.807) is 6.08 Å². The fourth-order valence-corrected chi connectivity index (χ4v) is 10.3. The molecule has 0 unspecified atom stereocenters. The van der Waals surface area contributed by atoms with E-state index in [-0.39, 0.29) is 41.5 Å². The first-order valence-electron chi connectivity index (χ1n) is 16.3. The van der Waals surface area contributed by atoms with Crippen molar-refractivity contribution in [3.8, 4) is 0 Å². The summed E-state index contributed by atoms with van der Waals surface area (Å²) in [6.45, 7) is 28.2. The summed E-state index contributed by atoms with van der Waals surface area (Å²) in [6, 6.07) is 12.7. The van der Waals surface area contributed by atoms with Gasteiger partial charge in [-0.15, -0.1) is 0 Å². The molecule has 2 rings (SSSR count). The van der Waals surface area contributed by atoms with Crippen LogP contribution in [0.3, 0.4) is 0 Å². The maximum Gasteiger partial charge on any atom is 0.416 e. The molecule has 0 spiro atoms. The maximum absolute atomic E-state index is 14.4. The van der Waals surface area contributed by atoms with E-state index in [0.29, 0.717) is 6.42 Å². The minimum atomic E-state index is -2.33. The second kappa shape index (κ2) is 15.8. The Bertz CT molecular complexity index is 1070. The van der Waals surface area contributed by atoms with Crippen molar-refractivity contribution in [2.24, 2.45) is 17.8 Å². The molecular formula is C35H59NO5Si2. The van der Waals surface area contributed by atoms with Crippen LogP contribution < -0.4 is 0 Å². The number of allylic oxidation sites excluding steroid dienone is 2. The normalized spacial score (nSPS) is 20.0. The van der Waals surface area contributed by atoms with E-state index in [0.717, 1.165) is 23.7 Å². The van der Waals surface area contributed by atoms with Crippen molar-refractivity contribution in [1.82, 2.24) is 4.90 Å². The molecule has 1 aliphatic heterocycles. The van der Waals surface area contributed by atoms with Crippen LogP contribution in [0.4, 0.5) is 4.79 Å². The van der Waals surface area contributed by atoms with Crippen molar-refractivity contribution < 1.29 is 23.2 Å². The molecule has 242 valence electrons. The third-order valence-corrected chi connectivity index (χ3v) is 19.2. The van der Waals surface area contributed by atoms with E-state index in [1.807, 2.05) is 43.3 Å². The lowest BCUT2D eigenvalue weighted by Crippen LogP contribution is -2.55. The van der Waals surface area contributed by atoms with Crippen LogP contribution >= 0.6 is 0 Å². The predicted molar refractivity (Wildman–Crippen MR) is 183 cm³/mol. The summed E-state index contributed by atoms with van der Waals surface area (Å²) in [6.07, 6.45) is 5.32. The van der Waals surface area contributed by atoms with Gasteiger partial charge in [-0.25, -0.2) is 9.69 Å². The third kappa shape index (κ3) is 9.25. The van der Waals surface area contributed by atoms with Crippen LogP contribution in [0.25, 0.3) is 0 Å². The summed E-state index contributed by atoms with van der Waals surface area (Å²) in [4.78, 5) is 28.7. The Labute approximate surface area is 264 Å². The van der Waals surface area contributed by atoms with E-state index in [1.165, 1.54) is 4.90 Å². The van der Waals surface area contributed by atoms with Gasteiger partial charge >= 0.3 is 6.09 Å². The molecular weight excluding hydrogens is 571 g/mol. The van der Waals surface area contributed by atoms with Gasteiger partial charge in [0, 0.05) is 5.92 Å². The summed E-state index contributed by atoms with van der Waals surface area (Å²) >= 11 is 0. The molecule has 0 aliphatic carbocycles. The molecule has 0 bridgehead atoms. The van der Waals surface area contributed by atoms with Gasteiger partial charge in [-0.05, 0) is 54.2 Å². The van der Waals surface area contributed by atoms with Crippen molar-refractivity contribution in [1.29, 1.82) is 0 Å². The highest BCUT2D eigenvalue weighted by atomic mass is 28.4. The Morgan fingerprint density at radius 2 is 1.63 bits per heavy atom. The summed E-state index contributed by atoms with van der Waals surface area (Å²) in [5.41, 5.74) is 1.06. The Hall–Kier alpha value is -2.01. The smallest absolute Gasteiger partial charge is 0.416 e. The lowest BCUT2D eigenvalue weighted by Gasteiger charge is -2.46. The quantitative estimate of drug-likeness (QED) is 0.135. The van der Waals surface area contributed by atoms with Gasteiger partial charge < -0.3 is 13.6 Å². The van der Waals surface area contributed by atoms with Crippen LogP contribution in [0.5, 0.6) is 0 Å². The molecule has 0 radical (unpaired) electrons. The fourth-order valence-electron chi connectivity index (χ4n) is 5.84. The number of benzene rings is 1. The highest BCUT2D eigenvalue weighted by Gasteiger charge is 2.49. The topological polar surface area (TPSA) is 65.1 Å². The first kappa shape index (κ1) is 37.2. The van der Waals surface area contributed by atoms with Crippen molar-refractivity contribution in [3.05, 3.63) is 60.7 Å². The zero-order valence-electron chi connectivity index (χ0n) is 28.8. The fraction of sp³-hybridized carbons (Fsp3) is 0.657. The zero-order chi connectivity index (χ0) is 32.6. The average molecular weight is 630 g/mol. The van der Waals surface area contributed by atoms with Gasteiger partial charge in [0.05, 0.1) is 24.2 Å². The van der Waals surface area contributed by atoms with Crippen molar-refractivity contribution >= 4 is 28.6 Å². The second-order valence-electron chi connectivity index (χ2n) is 13.9. The zero-order valence-corrected chi connectivity index (χ0v) is 30.8. The maximum atomic E-state index is 14.4. The number of carbonyl (C=O) groups is 2. The van der Waals surface area contributed by atoms with Crippen LogP contribution in [-0.4, -0.2) is 58.4 Å². The highest BCUT2D eigenvalue weighted by Crippen LogP contribution is 2.41. The van der Waals surface area contributed by atoms with Crippen LogP contribution in [-0.2, 0) is 24.8 Å². The second-order valence-corrected chi connectivity index (χ2v) is 23.4. The molecule has 1 saturated heterocycles. The monoisotopic (exact) mass is 629 g/mol. The van der Waals surface area contributed by atoms with Crippen LogP contribution in [0.1, 0.15) is 67.9 Å². The number of ether oxygens (including phenoxy) is 1. The van der Waals surface area contributed by atoms with Crippen LogP contribution in [0.15, 0.2) is 55.1 Å². The van der Waals surface area contributed by atoms with Gasteiger partial charge in [0.2, 0.25) is 5.91 Å². The van der Waals surface area contributed by atoms with Gasteiger partial charge in [-0.1, -0.05) is 117 Å². The van der Waals surface area contributed by atoms with E-state index < -0.39 is 34.7 Å². The van der Waals surface area contributed by atoms with Gasteiger partial charge in [0.25, 0.3) is 0 Å². The number of rotatable bonds is 16. The molecule has 1 aromatic rings. The Kier molecular flexibility index (Phi) is 13.7. The van der Waals surface area contributed by atoms with Crippen LogP contribution in [0.2, 0.25) is 36.3 Å². The summed E-state index contributed by atoms with van der Waals surface area (Å²) in [5.74, 6) is -0.840. The number of carbonyl (C=O) groups excluding carboxylic acids is 2. The van der Waals surface area contributed by atoms with Crippen molar-refractivity contribution in [2.45, 2.75) is 123 Å². The van der Waals surface area contributed by atoms with E-state index in [4.69, 9.17) is 13.6 Å². The number of nitrogens with zero attached hydrogens (tertiary/aromatic N) is 1. The molecule has 6 atom stereocenters. The first-order chi connectivity index (χ1) is 20.1. The molecule has 1 aliphatic rings. The molecule has 8 heteroatoms.